The Balaban J connectivity index is 1.60. The second-order valence-corrected chi connectivity index (χ2v) is 13.0. The molecule has 1 aliphatic heterocycles. The average Bonchev–Trinajstić information content (AvgIpc) is 3.36. The van der Waals surface area contributed by atoms with Crippen molar-refractivity contribution in [2.24, 2.45) is 0 Å². The normalized spacial score (nSPS) is 16.9. The summed E-state index contributed by atoms with van der Waals surface area (Å²) in [6, 6.07) is 10.0. The van der Waals surface area contributed by atoms with Gasteiger partial charge in [-0.15, -0.1) is 13.2 Å². The van der Waals surface area contributed by atoms with Crippen molar-refractivity contribution in [3.05, 3.63) is 70.2 Å². The molecular formula is C28H31F3N4O7S2. The third kappa shape index (κ3) is 7.85. The molecule has 2 atom stereocenters. The number of alkyl halides is 3. The third-order valence-electron chi connectivity index (χ3n) is 6.90. The van der Waals surface area contributed by atoms with Crippen LogP contribution >= 0.6 is 11.3 Å². The van der Waals surface area contributed by atoms with E-state index in [-0.39, 0.29) is 41.6 Å². The van der Waals surface area contributed by atoms with Crippen LogP contribution in [0.1, 0.15) is 41.1 Å². The minimum Gasteiger partial charge on any atom is -0.479 e. The van der Waals surface area contributed by atoms with Crippen molar-refractivity contribution in [2.75, 3.05) is 24.5 Å². The number of anilines is 1. The number of carbonyl (C=O) groups excluding carboxylic acids is 1. The number of benzene rings is 2. The van der Waals surface area contributed by atoms with Gasteiger partial charge in [-0.1, -0.05) is 48.9 Å². The average molecular weight is 657 g/mol. The van der Waals surface area contributed by atoms with Gasteiger partial charge in [0.1, 0.15) is 11.8 Å². The number of aromatic nitrogens is 1. The Labute approximate surface area is 255 Å². The largest absolute Gasteiger partial charge is 0.573 e. The molecule has 1 fully saturated rings. The molecule has 16 heteroatoms. The topological polar surface area (TPSA) is 149 Å². The van der Waals surface area contributed by atoms with Crippen molar-refractivity contribution in [1.82, 2.24) is 14.6 Å². The molecule has 2 heterocycles. The van der Waals surface area contributed by atoms with Gasteiger partial charge in [0.25, 0.3) is 0 Å². The molecule has 1 saturated heterocycles. The third-order valence-corrected chi connectivity index (χ3v) is 10.1. The molecule has 0 spiro atoms. The Morgan fingerprint density at radius 1 is 1.11 bits per heavy atom. The van der Waals surface area contributed by atoms with Crippen molar-refractivity contribution in [3.63, 3.8) is 0 Å². The zero-order valence-electron chi connectivity index (χ0n) is 23.7. The van der Waals surface area contributed by atoms with Gasteiger partial charge < -0.3 is 25.2 Å². The fraction of sp³-hybridized carbons (Fsp3) is 0.393. The van der Waals surface area contributed by atoms with E-state index in [1.54, 1.807) is 4.90 Å². The number of rotatable bonds is 11. The van der Waals surface area contributed by atoms with E-state index in [0.29, 0.717) is 5.13 Å². The zero-order chi connectivity index (χ0) is 32.2. The molecule has 0 saturated carbocycles. The van der Waals surface area contributed by atoms with Gasteiger partial charge in [0, 0.05) is 26.2 Å². The Bertz CT molecular complexity index is 1580. The van der Waals surface area contributed by atoms with Crippen LogP contribution in [-0.4, -0.2) is 71.8 Å². The van der Waals surface area contributed by atoms with Gasteiger partial charge in [-0.05, 0) is 48.7 Å². The van der Waals surface area contributed by atoms with E-state index < -0.39 is 46.2 Å². The molecule has 1 aromatic heterocycles. The van der Waals surface area contributed by atoms with E-state index in [9.17, 15) is 41.4 Å². The number of sulfonamides is 1. The number of halogens is 3. The van der Waals surface area contributed by atoms with Crippen LogP contribution in [0.5, 0.6) is 5.75 Å². The van der Waals surface area contributed by atoms with Crippen molar-refractivity contribution >= 4 is 38.4 Å². The number of nitrogens with zero attached hydrogens (tertiary/aromatic N) is 3. The monoisotopic (exact) mass is 656 g/mol. The molecular weight excluding hydrogens is 625 g/mol. The van der Waals surface area contributed by atoms with Gasteiger partial charge in [0.2, 0.25) is 15.9 Å². The Hall–Kier alpha value is -3.73. The summed E-state index contributed by atoms with van der Waals surface area (Å²) < 4.78 is 70.0. The van der Waals surface area contributed by atoms with Gasteiger partial charge >= 0.3 is 12.3 Å². The number of ether oxygens (including phenoxy) is 1. The van der Waals surface area contributed by atoms with Gasteiger partial charge in [-0.25, -0.2) is 18.2 Å². The van der Waals surface area contributed by atoms with Crippen LogP contribution in [0.4, 0.5) is 18.3 Å². The SMILES string of the molecule is CCCc1ccc(CNC(=O)[C@H]2CN(c3nc(C)c(C(O)C(=O)O)s3)CCN2S(=O)(=O)c2ccc(OC(F)(F)F)cc2)cc1. The fourth-order valence-electron chi connectivity index (χ4n) is 4.70. The molecule has 11 nitrogen and oxygen atoms in total. The molecule has 1 aliphatic rings. The van der Waals surface area contributed by atoms with E-state index in [0.717, 1.165) is 63.9 Å². The summed E-state index contributed by atoms with van der Waals surface area (Å²) in [7, 11) is -4.37. The van der Waals surface area contributed by atoms with Gasteiger partial charge in [-0.2, -0.15) is 4.31 Å². The smallest absolute Gasteiger partial charge is 0.479 e. The lowest BCUT2D eigenvalue weighted by molar-refractivity contribution is -0.274. The first kappa shape index (κ1) is 33.2. The van der Waals surface area contributed by atoms with Crippen LogP contribution in [0.3, 0.4) is 0 Å². The second kappa shape index (κ2) is 13.5. The number of piperazine rings is 1. The molecule has 0 bridgehead atoms. The quantitative estimate of drug-likeness (QED) is 0.281. The molecule has 3 aromatic rings. The first-order chi connectivity index (χ1) is 20.7. The molecule has 1 amide bonds. The van der Waals surface area contributed by atoms with E-state index in [2.05, 4.69) is 22.0 Å². The van der Waals surface area contributed by atoms with Crippen LogP contribution in [0, 0.1) is 6.92 Å². The maximum atomic E-state index is 13.7. The lowest BCUT2D eigenvalue weighted by Gasteiger charge is -2.39. The number of nitrogens with one attached hydrogen (secondary N) is 1. The summed E-state index contributed by atoms with van der Waals surface area (Å²) >= 11 is 0.921. The van der Waals surface area contributed by atoms with Crippen LogP contribution < -0.4 is 15.0 Å². The molecule has 44 heavy (non-hydrogen) atoms. The highest BCUT2D eigenvalue weighted by Gasteiger charge is 2.41. The minimum atomic E-state index is -4.95. The number of aryl methyl sites for hydroxylation is 2. The first-order valence-corrected chi connectivity index (χ1v) is 15.8. The number of thiazole rings is 1. The molecule has 1 unspecified atom stereocenters. The highest BCUT2D eigenvalue weighted by molar-refractivity contribution is 7.89. The molecule has 3 N–H and O–H groups in total. The van der Waals surface area contributed by atoms with Crippen LogP contribution in [0.2, 0.25) is 0 Å². The number of aliphatic hydroxyl groups is 1. The number of aliphatic carboxylic acids is 1. The van der Waals surface area contributed by atoms with E-state index in [1.165, 1.54) is 6.92 Å². The predicted molar refractivity (Wildman–Crippen MR) is 155 cm³/mol. The molecule has 238 valence electrons. The number of hydrogen-bond donors (Lipinski definition) is 3. The molecule has 4 rings (SSSR count). The van der Waals surface area contributed by atoms with Gasteiger partial charge in [0.05, 0.1) is 15.5 Å². The summed E-state index contributed by atoms with van der Waals surface area (Å²) in [5, 5.41) is 22.3. The summed E-state index contributed by atoms with van der Waals surface area (Å²) in [6.45, 7) is 3.42. The van der Waals surface area contributed by atoms with Crippen LogP contribution in [-0.2, 0) is 32.6 Å². The standard InChI is InChI=1S/C28H31F3N4O7S2/c1-3-4-18-5-7-19(8-6-18)15-32-25(37)22-16-34(27-33-17(2)24(43-27)23(36)26(38)39)13-14-35(22)44(40,41)21-11-9-20(10-12-21)42-28(29,30)31/h5-12,22-23,36H,3-4,13-16H2,1-2H3,(H,32,37)(H,38,39)/t22-,23?/m1/s1. The zero-order valence-corrected chi connectivity index (χ0v) is 25.4. The van der Waals surface area contributed by atoms with E-state index >= 15 is 0 Å². The molecule has 0 aliphatic carbocycles. The summed E-state index contributed by atoms with van der Waals surface area (Å²) in [5.74, 6) is -2.67. The van der Waals surface area contributed by atoms with Crippen LogP contribution in [0.25, 0.3) is 0 Å². The Morgan fingerprint density at radius 3 is 2.34 bits per heavy atom. The Morgan fingerprint density at radius 2 is 1.75 bits per heavy atom. The predicted octanol–water partition coefficient (Wildman–Crippen LogP) is 3.62. The summed E-state index contributed by atoms with van der Waals surface area (Å²) in [5.41, 5.74) is 2.22. The van der Waals surface area contributed by atoms with Crippen molar-refractivity contribution in [3.8, 4) is 5.75 Å². The maximum absolute atomic E-state index is 13.7. The lowest BCUT2D eigenvalue weighted by atomic mass is 10.1. The molecule has 2 aromatic carbocycles. The number of aliphatic hydroxyl groups excluding tert-OH is 1. The van der Waals surface area contributed by atoms with Crippen molar-refractivity contribution < 1.29 is 46.1 Å². The Kier molecular flexibility index (Phi) is 10.2. The first-order valence-electron chi connectivity index (χ1n) is 13.6. The van der Waals surface area contributed by atoms with E-state index in [1.807, 2.05) is 24.3 Å². The number of amides is 1. The number of carboxylic acid groups (broad SMARTS) is 1. The highest BCUT2D eigenvalue weighted by Crippen LogP contribution is 2.33. The van der Waals surface area contributed by atoms with Gasteiger partial charge in [-0.3, -0.25) is 4.79 Å². The van der Waals surface area contributed by atoms with Crippen molar-refractivity contribution in [2.45, 2.75) is 56.6 Å². The number of carbonyl (C=O) groups is 2. The maximum Gasteiger partial charge on any atom is 0.573 e. The number of hydrogen-bond acceptors (Lipinski definition) is 9. The van der Waals surface area contributed by atoms with Crippen molar-refractivity contribution in [1.29, 1.82) is 0 Å². The fourth-order valence-corrected chi connectivity index (χ4v) is 7.35. The number of carboxylic acids is 1. The highest BCUT2D eigenvalue weighted by atomic mass is 32.2. The molecule has 0 radical (unpaired) electrons. The minimum absolute atomic E-state index is 0.0622. The van der Waals surface area contributed by atoms with E-state index in [4.69, 9.17) is 0 Å². The summed E-state index contributed by atoms with van der Waals surface area (Å²) in [4.78, 5) is 30.6. The van der Waals surface area contributed by atoms with Crippen LogP contribution in [0.15, 0.2) is 53.4 Å². The van der Waals surface area contributed by atoms with Gasteiger partial charge in [0.15, 0.2) is 11.2 Å². The lowest BCUT2D eigenvalue weighted by Crippen LogP contribution is -2.60. The summed E-state index contributed by atoms with van der Waals surface area (Å²) in [6.07, 6.45) is -4.87. The second-order valence-electron chi connectivity index (χ2n) is 10.1.